The lowest BCUT2D eigenvalue weighted by Crippen LogP contribution is -2.32. The number of hydrogen-bond acceptors (Lipinski definition) is 12. The van der Waals surface area contributed by atoms with E-state index in [2.05, 4.69) is 30.4 Å². The van der Waals surface area contributed by atoms with Crippen molar-refractivity contribution in [3.63, 3.8) is 0 Å². The van der Waals surface area contributed by atoms with Crippen molar-refractivity contribution >= 4 is 53.1 Å². The third-order valence-corrected chi connectivity index (χ3v) is 10.00. The number of aromatic nitrogens is 4. The monoisotopic (exact) mass is 712 g/mol. The van der Waals surface area contributed by atoms with E-state index in [-0.39, 0.29) is 35.8 Å². The van der Waals surface area contributed by atoms with Crippen molar-refractivity contribution in [3.8, 4) is 0 Å². The van der Waals surface area contributed by atoms with Crippen molar-refractivity contribution in [1.82, 2.24) is 19.1 Å². The van der Waals surface area contributed by atoms with Gasteiger partial charge in [0, 0.05) is 4.90 Å². The molecule has 2 saturated heterocycles. The summed E-state index contributed by atoms with van der Waals surface area (Å²) < 4.78 is 59.5. The molecular formula is C22H27BrN4O12P2S. The first-order valence-corrected chi connectivity index (χ1v) is 17.7. The maximum atomic E-state index is 13.2. The molecular weight excluding hydrogens is 686 g/mol. The normalized spacial score (nSPS) is 25.1. The Bertz CT molecular complexity index is 1580. The first kappa shape index (κ1) is 31.9. The van der Waals surface area contributed by atoms with Gasteiger partial charge in [-0.25, -0.2) is 19.1 Å². The lowest BCUT2D eigenvalue weighted by molar-refractivity contribution is -0.199. The number of hydrogen-bond donors (Lipinski definition) is 3. The molecule has 2 aromatic heterocycles. The van der Waals surface area contributed by atoms with Crippen LogP contribution in [0.1, 0.15) is 20.1 Å². The van der Waals surface area contributed by atoms with Crippen LogP contribution < -0.4 is 5.56 Å². The fourth-order valence-corrected chi connectivity index (χ4v) is 7.82. The minimum absolute atomic E-state index is 0.0170. The minimum Gasteiger partial charge on any atom is -0.358 e. The molecule has 3 aromatic rings. The van der Waals surface area contributed by atoms with Crippen LogP contribution in [-0.2, 0) is 43.9 Å². The highest BCUT2D eigenvalue weighted by Gasteiger charge is 2.57. The molecule has 0 bridgehead atoms. The summed E-state index contributed by atoms with van der Waals surface area (Å²) in [5.41, 5.74) is -0.400. The van der Waals surface area contributed by atoms with Gasteiger partial charge in [0.2, 0.25) is 0 Å². The summed E-state index contributed by atoms with van der Waals surface area (Å²) in [6, 6.07) is 8.65. The van der Waals surface area contributed by atoms with E-state index in [9.17, 15) is 18.8 Å². The molecule has 230 valence electrons. The van der Waals surface area contributed by atoms with Gasteiger partial charge in [0.15, 0.2) is 27.9 Å². The maximum Gasteiger partial charge on any atom is 0.469 e. The Morgan fingerprint density at radius 2 is 1.81 bits per heavy atom. The molecule has 5 atom stereocenters. The van der Waals surface area contributed by atoms with E-state index in [1.165, 1.54) is 10.9 Å². The molecule has 2 aliphatic rings. The summed E-state index contributed by atoms with van der Waals surface area (Å²) in [7, 11) is -4.77. The Morgan fingerprint density at radius 3 is 2.52 bits per heavy atom. The van der Waals surface area contributed by atoms with Crippen molar-refractivity contribution in [2.75, 3.05) is 19.8 Å². The lowest BCUT2D eigenvalue weighted by Gasteiger charge is -2.25. The van der Waals surface area contributed by atoms with Crippen LogP contribution in [0.25, 0.3) is 11.2 Å². The van der Waals surface area contributed by atoms with E-state index in [0.717, 1.165) is 4.57 Å². The zero-order valence-corrected chi connectivity index (χ0v) is 26.3. The first-order valence-electron chi connectivity index (χ1n) is 12.4. The van der Waals surface area contributed by atoms with Gasteiger partial charge in [-0.05, 0) is 53.3 Å². The molecule has 0 aliphatic carbocycles. The predicted octanol–water partition coefficient (Wildman–Crippen LogP) is 2.77. The quantitative estimate of drug-likeness (QED) is 0.140. The molecule has 5 rings (SSSR count). The summed E-state index contributed by atoms with van der Waals surface area (Å²) >= 11 is 4.05. The highest BCUT2D eigenvalue weighted by atomic mass is 79.9. The fraction of sp³-hybridized carbons (Fsp3) is 0.500. The van der Waals surface area contributed by atoms with E-state index in [1.54, 1.807) is 44.2 Å². The standard InChI is InChI=1S/C22H27BrN4O12P2S/c1-22(2)38-16-14(10-36-40(29,30)31)37-20(17(16)39-22)27-18-15(25-21(27)23)19(28)26(11-24-18)12-34-8-9-35-41(32,33)42-13-6-4-3-5-7-13/h3-7,11,14,16-17,20H,8-10,12H2,1-2H3,(H,32,33)(H2,29,30,31)/t14-,16-,17-,20-/m1/s1. The number of benzene rings is 1. The van der Waals surface area contributed by atoms with Gasteiger partial charge >= 0.3 is 14.6 Å². The second kappa shape index (κ2) is 12.5. The van der Waals surface area contributed by atoms with Crippen molar-refractivity contribution in [2.24, 2.45) is 0 Å². The number of phosphoric acid groups is 1. The van der Waals surface area contributed by atoms with Gasteiger partial charge in [0.25, 0.3) is 5.56 Å². The first-order chi connectivity index (χ1) is 19.7. The molecule has 3 N–H and O–H groups in total. The summed E-state index contributed by atoms with van der Waals surface area (Å²) in [5, 5.41) is 0. The molecule has 2 fully saturated rings. The van der Waals surface area contributed by atoms with Gasteiger partial charge in [-0.2, -0.15) is 0 Å². The zero-order valence-electron chi connectivity index (χ0n) is 22.1. The highest BCUT2D eigenvalue weighted by molar-refractivity contribution is 9.10. The van der Waals surface area contributed by atoms with Gasteiger partial charge in [-0.1, -0.05) is 18.2 Å². The average molecular weight is 713 g/mol. The largest absolute Gasteiger partial charge is 0.469 e. The van der Waals surface area contributed by atoms with E-state index in [0.29, 0.717) is 16.3 Å². The van der Waals surface area contributed by atoms with Gasteiger partial charge < -0.3 is 33.6 Å². The van der Waals surface area contributed by atoms with Crippen LogP contribution in [0.3, 0.4) is 0 Å². The molecule has 16 nitrogen and oxygen atoms in total. The molecule has 20 heteroatoms. The second-order valence-corrected chi connectivity index (χ2v) is 15.3. The van der Waals surface area contributed by atoms with Crippen LogP contribution in [-0.4, -0.2) is 77.7 Å². The van der Waals surface area contributed by atoms with Crippen LogP contribution >= 0.6 is 41.9 Å². The van der Waals surface area contributed by atoms with E-state index in [4.69, 9.17) is 33.3 Å². The van der Waals surface area contributed by atoms with Crippen molar-refractivity contribution < 1.29 is 51.8 Å². The van der Waals surface area contributed by atoms with Crippen LogP contribution in [0.4, 0.5) is 0 Å². The van der Waals surface area contributed by atoms with Crippen molar-refractivity contribution in [2.45, 2.75) is 55.8 Å². The van der Waals surface area contributed by atoms with Gasteiger partial charge in [-0.3, -0.25) is 23.0 Å². The molecule has 0 spiro atoms. The Morgan fingerprint density at radius 1 is 1.10 bits per heavy atom. The number of phosphoric ester groups is 1. The van der Waals surface area contributed by atoms with Crippen LogP contribution in [0.15, 0.2) is 51.1 Å². The molecule has 0 amide bonds. The number of nitrogens with zero attached hydrogens (tertiary/aromatic N) is 4. The predicted molar refractivity (Wildman–Crippen MR) is 149 cm³/mol. The Kier molecular flexibility index (Phi) is 9.48. The third kappa shape index (κ3) is 7.41. The summed E-state index contributed by atoms with van der Waals surface area (Å²) in [4.78, 5) is 50.7. The molecule has 2 aliphatic heterocycles. The molecule has 42 heavy (non-hydrogen) atoms. The van der Waals surface area contributed by atoms with E-state index >= 15 is 0 Å². The van der Waals surface area contributed by atoms with Crippen molar-refractivity contribution in [3.05, 3.63) is 51.7 Å². The zero-order chi connectivity index (χ0) is 30.3. The Labute approximate surface area is 250 Å². The third-order valence-electron chi connectivity index (χ3n) is 6.09. The molecule has 0 saturated carbocycles. The van der Waals surface area contributed by atoms with Gasteiger partial charge in [0.1, 0.15) is 31.4 Å². The molecule has 1 aromatic carbocycles. The molecule has 0 radical (unpaired) electrons. The molecule has 1 unspecified atom stereocenters. The number of fused-ring (bicyclic) bond motifs is 2. The smallest absolute Gasteiger partial charge is 0.358 e. The Balaban J connectivity index is 1.25. The molecule has 4 heterocycles. The SMILES string of the molecule is CC1(C)O[C@@H]2[C@H](O1)[C@@H](COP(=O)(O)O)O[C@H]2n1c(Br)nc2c(=O)n(COCCOP(=O)(O)Sc3ccccc3)cnc21. The summed E-state index contributed by atoms with van der Waals surface area (Å²) in [5.74, 6) is -1.02. The number of imidazole rings is 1. The van der Waals surface area contributed by atoms with Crippen molar-refractivity contribution in [1.29, 1.82) is 0 Å². The summed E-state index contributed by atoms with van der Waals surface area (Å²) in [6.45, 7) is -1.54. The minimum atomic E-state index is -4.77. The van der Waals surface area contributed by atoms with Crippen LogP contribution in [0.2, 0.25) is 0 Å². The van der Waals surface area contributed by atoms with Gasteiger partial charge in [-0.15, -0.1) is 0 Å². The Hall–Kier alpha value is -1.50. The summed E-state index contributed by atoms with van der Waals surface area (Å²) in [6.07, 6.45) is -2.07. The average Bonchev–Trinajstić information content (AvgIpc) is 3.51. The maximum absolute atomic E-state index is 13.2. The van der Waals surface area contributed by atoms with Crippen LogP contribution in [0, 0.1) is 0 Å². The highest BCUT2D eigenvalue weighted by Crippen LogP contribution is 2.59. The van der Waals surface area contributed by atoms with Crippen LogP contribution in [0.5, 0.6) is 0 Å². The second-order valence-electron chi connectivity index (χ2n) is 9.60. The fourth-order valence-electron chi connectivity index (χ4n) is 4.48. The topological polar surface area (TPSA) is 203 Å². The van der Waals surface area contributed by atoms with Gasteiger partial charge in [0.05, 0.1) is 19.8 Å². The lowest BCUT2D eigenvalue weighted by atomic mass is 10.1. The number of rotatable bonds is 12. The van der Waals surface area contributed by atoms with E-state index in [1.807, 2.05) is 0 Å². The van der Waals surface area contributed by atoms with E-state index < -0.39 is 57.1 Å². The number of ether oxygens (including phenoxy) is 4. The number of halogens is 1.